The molecule has 0 aliphatic carbocycles. The van der Waals surface area contributed by atoms with Crippen molar-refractivity contribution in [3.8, 4) is 0 Å². The molecule has 0 amide bonds. The molecular formula is C12H19ClFN3O. The van der Waals surface area contributed by atoms with E-state index in [2.05, 4.69) is 10.0 Å². The molecule has 3 rings (SSSR count). The van der Waals surface area contributed by atoms with Crippen LogP contribution in [0, 0.1) is 5.92 Å². The average molecular weight is 276 g/mol. The van der Waals surface area contributed by atoms with E-state index in [4.69, 9.17) is 16.3 Å². The van der Waals surface area contributed by atoms with E-state index in [1.54, 1.807) is 5.01 Å². The Hall–Kier alpha value is -0.390. The second kappa shape index (κ2) is 4.94. The second-order valence-electron chi connectivity index (χ2n) is 5.43. The summed E-state index contributed by atoms with van der Waals surface area (Å²) in [6, 6.07) is 0.239. The quantitative estimate of drug-likeness (QED) is 0.562. The van der Waals surface area contributed by atoms with Gasteiger partial charge in [0.2, 0.25) is 0 Å². The van der Waals surface area contributed by atoms with Gasteiger partial charge in [-0.05, 0) is 6.42 Å². The van der Waals surface area contributed by atoms with Crippen LogP contribution in [0.25, 0.3) is 0 Å². The second-order valence-corrected chi connectivity index (χ2v) is 5.88. The first-order valence-corrected chi connectivity index (χ1v) is 7.03. The lowest BCUT2D eigenvalue weighted by Crippen LogP contribution is -2.58. The van der Waals surface area contributed by atoms with E-state index < -0.39 is 6.17 Å². The number of likely N-dealkylation sites (tertiary alicyclic amines) is 1. The predicted octanol–water partition coefficient (Wildman–Crippen LogP) is 1.30. The Morgan fingerprint density at radius 3 is 2.72 bits per heavy atom. The van der Waals surface area contributed by atoms with Crippen molar-refractivity contribution in [2.24, 2.45) is 11.0 Å². The normalized spacial score (nSPS) is 42.3. The zero-order valence-corrected chi connectivity index (χ0v) is 11.3. The Morgan fingerprint density at radius 1 is 1.44 bits per heavy atom. The molecule has 0 spiro atoms. The smallest absolute Gasteiger partial charge is 0.135 e. The molecule has 3 aliphatic rings. The van der Waals surface area contributed by atoms with Gasteiger partial charge in [0.05, 0.1) is 25.3 Å². The van der Waals surface area contributed by atoms with Gasteiger partial charge in [0.25, 0.3) is 0 Å². The van der Waals surface area contributed by atoms with Gasteiger partial charge >= 0.3 is 0 Å². The Labute approximate surface area is 112 Å². The largest absolute Gasteiger partial charge is 0.378 e. The first-order valence-electron chi connectivity index (χ1n) is 6.59. The predicted molar refractivity (Wildman–Crippen MR) is 68.6 cm³/mol. The summed E-state index contributed by atoms with van der Waals surface area (Å²) in [5.41, 5.74) is -0.202. The molecule has 18 heavy (non-hydrogen) atoms. The molecule has 6 heteroatoms. The van der Waals surface area contributed by atoms with Crippen LogP contribution in [0.1, 0.15) is 13.3 Å². The van der Waals surface area contributed by atoms with Gasteiger partial charge in [0, 0.05) is 25.2 Å². The number of piperidine rings is 1. The number of halogens is 2. The third-order valence-corrected chi connectivity index (χ3v) is 4.73. The molecule has 0 aromatic heterocycles. The molecule has 0 radical (unpaired) electrons. The zero-order valence-electron chi connectivity index (χ0n) is 10.5. The number of alkyl halides is 2. The number of rotatable bonds is 2. The molecule has 0 bridgehead atoms. The standard InChI is InChI=1S/C12H19ClFN3O/c1-8-4-15-17(12(8)13)11-2-3-16(5-10(11)14)9-6-18-7-9/h4,8-12H,2-3,5-7H2,1H3. The van der Waals surface area contributed by atoms with Gasteiger partial charge in [-0.3, -0.25) is 9.91 Å². The van der Waals surface area contributed by atoms with Crippen molar-refractivity contribution in [2.45, 2.75) is 37.1 Å². The fourth-order valence-corrected chi connectivity index (χ4v) is 3.07. The summed E-state index contributed by atoms with van der Waals surface area (Å²) in [6.45, 7) is 4.88. The van der Waals surface area contributed by atoms with E-state index in [-0.39, 0.29) is 17.5 Å². The molecule has 0 N–H and O–H groups in total. The Morgan fingerprint density at radius 2 is 2.22 bits per heavy atom. The van der Waals surface area contributed by atoms with Crippen molar-refractivity contribution >= 4 is 17.8 Å². The first kappa shape index (κ1) is 12.6. The average Bonchev–Trinajstić information content (AvgIpc) is 2.58. The van der Waals surface area contributed by atoms with E-state index >= 15 is 0 Å². The molecule has 3 heterocycles. The van der Waals surface area contributed by atoms with Gasteiger partial charge in [-0.1, -0.05) is 18.5 Å². The highest BCUT2D eigenvalue weighted by molar-refractivity contribution is 6.21. The third kappa shape index (κ3) is 2.12. The number of hydrogen-bond acceptors (Lipinski definition) is 4. The van der Waals surface area contributed by atoms with Crippen LogP contribution in [0.3, 0.4) is 0 Å². The van der Waals surface area contributed by atoms with Crippen molar-refractivity contribution in [3.05, 3.63) is 0 Å². The topological polar surface area (TPSA) is 28.1 Å². The maximum atomic E-state index is 14.3. The van der Waals surface area contributed by atoms with Crippen molar-refractivity contribution in [1.82, 2.24) is 9.91 Å². The van der Waals surface area contributed by atoms with Crippen LogP contribution in [0.4, 0.5) is 4.39 Å². The van der Waals surface area contributed by atoms with Crippen LogP contribution in [-0.4, -0.2) is 66.2 Å². The molecule has 4 unspecified atom stereocenters. The molecule has 2 saturated heterocycles. The summed E-state index contributed by atoms with van der Waals surface area (Å²) in [5.74, 6) is 0.192. The fourth-order valence-electron chi connectivity index (χ4n) is 2.81. The monoisotopic (exact) mass is 275 g/mol. The minimum atomic E-state index is -0.886. The van der Waals surface area contributed by atoms with Crippen LogP contribution < -0.4 is 0 Å². The molecule has 0 saturated carbocycles. The highest BCUT2D eigenvalue weighted by Gasteiger charge is 2.41. The molecule has 0 aromatic carbocycles. The summed E-state index contributed by atoms with van der Waals surface area (Å²) >= 11 is 6.27. The summed E-state index contributed by atoms with van der Waals surface area (Å²) in [6.07, 6.45) is 1.71. The van der Waals surface area contributed by atoms with Gasteiger partial charge in [0.15, 0.2) is 0 Å². The molecular weight excluding hydrogens is 257 g/mol. The Balaban J connectivity index is 1.60. The van der Waals surface area contributed by atoms with Crippen LogP contribution in [0.15, 0.2) is 5.10 Å². The number of ether oxygens (including phenoxy) is 1. The number of hydrogen-bond donors (Lipinski definition) is 0. The first-order chi connectivity index (χ1) is 8.66. The lowest BCUT2D eigenvalue weighted by atomic mass is 9.99. The lowest BCUT2D eigenvalue weighted by Gasteiger charge is -2.44. The number of hydrazone groups is 1. The highest BCUT2D eigenvalue weighted by Crippen LogP contribution is 2.30. The molecule has 0 aromatic rings. The summed E-state index contributed by atoms with van der Waals surface area (Å²) in [5, 5.41) is 6.02. The fraction of sp³-hybridized carbons (Fsp3) is 0.917. The van der Waals surface area contributed by atoms with Gasteiger partial charge < -0.3 is 4.74 Å². The maximum absolute atomic E-state index is 14.3. The van der Waals surface area contributed by atoms with E-state index in [0.29, 0.717) is 12.6 Å². The highest BCUT2D eigenvalue weighted by atomic mass is 35.5. The third-order valence-electron chi connectivity index (χ3n) is 4.14. The summed E-state index contributed by atoms with van der Waals surface area (Å²) in [4.78, 5) is 2.19. The van der Waals surface area contributed by atoms with E-state index in [0.717, 1.165) is 26.2 Å². The molecule has 2 fully saturated rings. The number of nitrogens with zero attached hydrogens (tertiary/aromatic N) is 3. The van der Waals surface area contributed by atoms with Crippen molar-refractivity contribution in [3.63, 3.8) is 0 Å². The lowest BCUT2D eigenvalue weighted by molar-refractivity contribution is -0.0901. The maximum Gasteiger partial charge on any atom is 0.135 e. The van der Waals surface area contributed by atoms with Crippen molar-refractivity contribution < 1.29 is 9.13 Å². The SMILES string of the molecule is CC1C=NN(C2CCN(C3COC3)CC2F)C1Cl. The zero-order chi connectivity index (χ0) is 12.7. The van der Waals surface area contributed by atoms with E-state index in [1.807, 2.05) is 13.1 Å². The van der Waals surface area contributed by atoms with Gasteiger partial charge in [0.1, 0.15) is 11.7 Å². The summed E-state index contributed by atoms with van der Waals surface area (Å²) in [7, 11) is 0. The van der Waals surface area contributed by atoms with E-state index in [1.165, 1.54) is 0 Å². The van der Waals surface area contributed by atoms with Crippen LogP contribution in [0.5, 0.6) is 0 Å². The molecule has 4 nitrogen and oxygen atoms in total. The molecule has 3 aliphatic heterocycles. The Bertz CT molecular complexity index is 339. The van der Waals surface area contributed by atoms with Crippen molar-refractivity contribution in [1.29, 1.82) is 0 Å². The van der Waals surface area contributed by atoms with Crippen LogP contribution in [-0.2, 0) is 4.74 Å². The van der Waals surface area contributed by atoms with Crippen LogP contribution in [0.2, 0.25) is 0 Å². The van der Waals surface area contributed by atoms with Crippen molar-refractivity contribution in [2.75, 3.05) is 26.3 Å². The van der Waals surface area contributed by atoms with Gasteiger partial charge in [-0.15, -0.1) is 0 Å². The van der Waals surface area contributed by atoms with Gasteiger partial charge in [-0.25, -0.2) is 4.39 Å². The summed E-state index contributed by atoms with van der Waals surface area (Å²) < 4.78 is 19.5. The van der Waals surface area contributed by atoms with Gasteiger partial charge in [-0.2, -0.15) is 5.10 Å². The Kier molecular flexibility index (Phi) is 3.47. The molecule has 4 atom stereocenters. The van der Waals surface area contributed by atoms with E-state index in [9.17, 15) is 4.39 Å². The molecule has 102 valence electrons. The van der Waals surface area contributed by atoms with Crippen LogP contribution >= 0.6 is 11.6 Å². The minimum absolute atomic E-state index is 0.175. The minimum Gasteiger partial charge on any atom is -0.378 e.